The fourth-order valence-corrected chi connectivity index (χ4v) is 0.935. The van der Waals surface area contributed by atoms with Crippen LogP contribution in [0.15, 0.2) is 6.07 Å². The normalized spacial score (nSPS) is 9.83. The summed E-state index contributed by atoms with van der Waals surface area (Å²) in [6, 6.07) is 0.819. The fourth-order valence-electron chi connectivity index (χ4n) is 0.730. The molecule has 12 heavy (non-hydrogen) atoms. The van der Waals surface area contributed by atoms with Crippen LogP contribution in [0.1, 0.15) is 10.4 Å². The van der Waals surface area contributed by atoms with E-state index in [-0.39, 0.29) is 11.3 Å². The van der Waals surface area contributed by atoms with E-state index in [1.165, 1.54) is 0 Å². The molecule has 1 aromatic rings. The van der Waals surface area contributed by atoms with Gasteiger partial charge in [0.25, 0.3) is 0 Å². The minimum atomic E-state index is -1.17. The molecule has 0 aliphatic heterocycles. The number of halogens is 2. The van der Waals surface area contributed by atoms with Crippen LogP contribution in [0.25, 0.3) is 0 Å². The molecule has 0 spiro atoms. The Hall–Kier alpha value is -1.29. The van der Waals surface area contributed by atoms with Crippen molar-refractivity contribution in [2.45, 2.75) is 0 Å². The lowest BCUT2D eigenvalue weighted by atomic mass is 10.2. The number of carbonyl (C=O) groups excluding carboxylic acids is 1. The number of carbonyl (C=O) groups is 1. The number of hydrogen-bond acceptors (Lipinski definition) is 3. The number of benzene rings is 1. The maximum Gasteiger partial charge on any atom is 0.179 e. The lowest BCUT2D eigenvalue weighted by Gasteiger charge is -2.02. The molecule has 1 rings (SSSR count). The number of phenols is 2. The Morgan fingerprint density at radius 1 is 1.50 bits per heavy atom. The minimum absolute atomic E-state index is 0.0796. The SMILES string of the molecule is O=Cc1c(O)c(Cl)cc(O)c1F. The first kappa shape index (κ1) is 8.80. The molecule has 0 saturated carbocycles. The molecule has 0 amide bonds. The van der Waals surface area contributed by atoms with Crippen LogP contribution in [0.3, 0.4) is 0 Å². The zero-order chi connectivity index (χ0) is 9.30. The zero-order valence-corrected chi connectivity index (χ0v) is 6.47. The molecule has 0 saturated heterocycles. The van der Waals surface area contributed by atoms with Gasteiger partial charge >= 0.3 is 0 Å². The third-order valence-electron chi connectivity index (χ3n) is 1.32. The monoisotopic (exact) mass is 190 g/mol. The van der Waals surface area contributed by atoms with Crippen LogP contribution in [0.2, 0.25) is 5.02 Å². The number of rotatable bonds is 1. The maximum absolute atomic E-state index is 12.7. The van der Waals surface area contributed by atoms with Crippen LogP contribution < -0.4 is 0 Å². The largest absolute Gasteiger partial charge is 0.506 e. The van der Waals surface area contributed by atoms with Gasteiger partial charge in [0, 0.05) is 6.07 Å². The molecule has 0 unspecified atom stereocenters. The van der Waals surface area contributed by atoms with E-state index < -0.39 is 22.9 Å². The van der Waals surface area contributed by atoms with Gasteiger partial charge in [-0.2, -0.15) is 0 Å². The predicted octanol–water partition coefficient (Wildman–Crippen LogP) is 1.70. The van der Waals surface area contributed by atoms with Crippen molar-refractivity contribution in [1.82, 2.24) is 0 Å². The first-order valence-corrected chi connectivity index (χ1v) is 3.30. The molecule has 0 radical (unpaired) electrons. The highest BCUT2D eigenvalue weighted by molar-refractivity contribution is 6.32. The van der Waals surface area contributed by atoms with Gasteiger partial charge < -0.3 is 10.2 Å². The molecule has 0 aromatic heterocycles. The second-order valence-electron chi connectivity index (χ2n) is 2.07. The molecule has 0 fully saturated rings. The Balaban J connectivity index is 3.52. The third-order valence-corrected chi connectivity index (χ3v) is 1.61. The number of aromatic hydroxyl groups is 2. The Kier molecular flexibility index (Phi) is 2.19. The summed E-state index contributed by atoms with van der Waals surface area (Å²) < 4.78 is 12.7. The molecular formula is C7H4ClFO3. The van der Waals surface area contributed by atoms with Crippen LogP contribution in [-0.4, -0.2) is 16.5 Å². The van der Waals surface area contributed by atoms with Crippen molar-refractivity contribution in [2.24, 2.45) is 0 Å². The summed E-state index contributed by atoms with van der Waals surface area (Å²) in [7, 11) is 0. The molecule has 0 bridgehead atoms. The number of aldehydes is 1. The number of phenolic OH excluding ortho intramolecular Hbond substituents is 2. The Morgan fingerprint density at radius 3 is 2.58 bits per heavy atom. The third kappa shape index (κ3) is 1.21. The van der Waals surface area contributed by atoms with Crippen molar-refractivity contribution in [2.75, 3.05) is 0 Å². The topological polar surface area (TPSA) is 57.5 Å². The smallest absolute Gasteiger partial charge is 0.179 e. The van der Waals surface area contributed by atoms with E-state index in [0.717, 1.165) is 6.07 Å². The second kappa shape index (κ2) is 2.98. The highest BCUT2D eigenvalue weighted by Crippen LogP contribution is 2.33. The summed E-state index contributed by atoms with van der Waals surface area (Å²) in [6.45, 7) is 0. The van der Waals surface area contributed by atoms with E-state index >= 15 is 0 Å². The number of hydrogen-bond donors (Lipinski definition) is 2. The van der Waals surface area contributed by atoms with E-state index in [9.17, 15) is 9.18 Å². The standard InChI is InChI=1S/C7H4ClFO3/c8-4-1-5(11)6(9)3(2-10)7(4)12/h1-2,11-12H. The Morgan fingerprint density at radius 2 is 2.08 bits per heavy atom. The Bertz CT molecular complexity index is 312. The molecule has 0 heterocycles. The lowest BCUT2D eigenvalue weighted by Crippen LogP contribution is -1.89. The van der Waals surface area contributed by atoms with E-state index in [4.69, 9.17) is 21.8 Å². The lowest BCUT2D eigenvalue weighted by molar-refractivity contribution is 0.111. The van der Waals surface area contributed by atoms with Gasteiger partial charge in [0.1, 0.15) is 5.75 Å². The van der Waals surface area contributed by atoms with Crippen molar-refractivity contribution in [3.8, 4) is 11.5 Å². The molecule has 5 heteroatoms. The van der Waals surface area contributed by atoms with Crippen molar-refractivity contribution < 1.29 is 19.4 Å². The van der Waals surface area contributed by atoms with Gasteiger partial charge in [-0.25, -0.2) is 4.39 Å². The summed E-state index contributed by atoms with van der Waals surface area (Å²) in [5.41, 5.74) is -0.639. The molecule has 0 atom stereocenters. The second-order valence-corrected chi connectivity index (χ2v) is 2.48. The molecule has 0 aliphatic rings. The van der Waals surface area contributed by atoms with E-state index in [0.29, 0.717) is 0 Å². The molecule has 2 N–H and O–H groups in total. The van der Waals surface area contributed by atoms with Crippen LogP contribution in [-0.2, 0) is 0 Å². The van der Waals surface area contributed by atoms with Crippen LogP contribution in [0, 0.1) is 5.82 Å². The average Bonchev–Trinajstić information content (AvgIpc) is 2.02. The van der Waals surface area contributed by atoms with Gasteiger partial charge in [-0.3, -0.25) is 4.79 Å². The van der Waals surface area contributed by atoms with Crippen LogP contribution in [0.5, 0.6) is 11.5 Å². The van der Waals surface area contributed by atoms with Crippen LogP contribution in [0.4, 0.5) is 4.39 Å². The van der Waals surface area contributed by atoms with Gasteiger partial charge in [0.2, 0.25) is 0 Å². The van der Waals surface area contributed by atoms with Crippen molar-refractivity contribution >= 4 is 17.9 Å². The van der Waals surface area contributed by atoms with Crippen LogP contribution >= 0.6 is 11.6 Å². The zero-order valence-electron chi connectivity index (χ0n) is 5.71. The first-order valence-electron chi connectivity index (χ1n) is 2.93. The first-order chi connectivity index (χ1) is 5.57. The Labute approximate surface area is 72.0 Å². The van der Waals surface area contributed by atoms with Gasteiger partial charge in [0.15, 0.2) is 17.9 Å². The fraction of sp³-hybridized carbons (Fsp3) is 0. The van der Waals surface area contributed by atoms with Gasteiger partial charge in [-0.15, -0.1) is 0 Å². The van der Waals surface area contributed by atoms with Crippen molar-refractivity contribution in [1.29, 1.82) is 0 Å². The highest BCUT2D eigenvalue weighted by Gasteiger charge is 2.15. The summed E-state index contributed by atoms with van der Waals surface area (Å²) in [4.78, 5) is 10.2. The van der Waals surface area contributed by atoms with Crippen molar-refractivity contribution in [3.63, 3.8) is 0 Å². The summed E-state index contributed by atoms with van der Waals surface area (Å²) in [6.07, 6.45) is 0.0796. The van der Waals surface area contributed by atoms with Gasteiger partial charge in [-0.05, 0) is 0 Å². The molecule has 1 aromatic carbocycles. The summed E-state index contributed by atoms with van der Waals surface area (Å²) >= 11 is 5.33. The molecule has 0 aliphatic carbocycles. The van der Waals surface area contributed by atoms with Crippen molar-refractivity contribution in [3.05, 3.63) is 22.5 Å². The average molecular weight is 191 g/mol. The summed E-state index contributed by atoms with van der Waals surface area (Å²) in [5, 5.41) is 17.5. The van der Waals surface area contributed by atoms with Gasteiger partial charge in [0.05, 0.1) is 10.6 Å². The molecule has 64 valence electrons. The quantitative estimate of drug-likeness (QED) is 0.524. The molecule has 3 nitrogen and oxygen atoms in total. The maximum atomic E-state index is 12.7. The predicted molar refractivity (Wildman–Crippen MR) is 40.1 cm³/mol. The minimum Gasteiger partial charge on any atom is -0.506 e. The van der Waals surface area contributed by atoms with E-state index in [1.54, 1.807) is 0 Å². The molecular weight excluding hydrogens is 187 g/mol. The van der Waals surface area contributed by atoms with Gasteiger partial charge in [-0.1, -0.05) is 11.6 Å². The van der Waals surface area contributed by atoms with E-state index in [2.05, 4.69) is 0 Å². The highest BCUT2D eigenvalue weighted by atomic mass is 35.5. The van der Waals surface area contributed by atoms with E-state index in [1.807, 2.05) is 0 Å². The summed E-state index contributed by atoms with van der Waals surface area (Å²) in [5.74, 6) is -2.60.